The number of piperazine rings is 1. The van der Waals surface area contributed by atoms with Crippen LogP contribution in [0.2, 0.25) is 0 Å². The van der Waals surface area contributed by atoms with Crippen LogP contribution in [0.4, 0.5) is 5.82 Å². The zero-order chi connectivity index (χ0) is 22.9. The maximum absolute atomic E-state index is 12.5. The number of anilines is 1. The van der Waals surface area contributed by atoms with Crippen LogP contribution < -0.4 is 10.5 Å². The van der Waals surface area contributed by atoms with Crippen LogP contribution in [-0.4, -0.2) is 57.2 Å². The molecule has 1 aliphatic heterocycles. The van der Waals surface area contributed by atoms with Gasteiger partial charge in [0.2, 0.25) is 0 Å². The topological polar surface area (TPSA) is 59.2 Å². The van der Waals surface area contributed by atoms with Gasteiger partial charge < -0.3 is 18.9 Å². The van der Waals surface area contributed by atoms with E-state index in [2.05, 4.69) is 51.7 Å². The molecule has 1 aliphatic rings. The van der Waals surface area contributed by atoms with Crippen LogP contribution in [0.5, 0.6) is 0 Å². The van der Waals surface area contributed by atoms with E-state index in [4.69, 9.17) is 9.97 Å². The van der Waals surface area contributed by atoms with Gasteiger partial charge in [-0.2, -0.15) is 0 Å². The lowest BCUT2D eigenvalue weighted by molar-refractivity contribution is 0.312. The second-order valence-electron chi connectivity index (χ2n) is 8.83. The van der Waals surface area contributed by atoms with Crippen LogP contribution in [0.25, 0.3) is 22.4 Å². The molecule has 1 fully saturated rings. The fourth-order valence-corrected chi connectivity index (χ4v) is 4.52. The summed E-state index contributed by atoms with van der Waals surface area (Å²) in [6.07, 6.45) is 3.81. The minimum Gasteiger partial charge on any atom is -0.354 e. The van der Waals surface area contributed by atoms with Crippen molar-refractivity contribution >= 4 is 16.9 Å². The summed E-state index contributed by atoms with van der Waals surface area (Å²) in [5.41, 5.74) is 4.85. The first-order valence-corrected chi connectivity index (χ1v) is 11.6. The zero-order valence-corrected chi connectivity index (χ0v) is 19.5. The number of nitrogens with zero attached hydrogens (tertiary/aromatic N) is 6. The average Bonchev–Trinajstić information content (AvgIpc) is 3.19. The van der Waals surface area contributed by atoms with Gasteiger partial charge in [0.1, 0.15) is 17.2 Å². The number of pyridine rings is 2. The molecule has 0 unspecified atom stereocenters. The number of hydrogen-bond acceptors (Lipinski definition) is 5. The van der Waals surface area contributed by atoms with E-state index in [9.17, 15) is 4.79 Å². The van der Waals surface area contributed by atoms with E-state index < -0.39 is 0 Å². The standard InChI is InChI=1S/C26H30N6O/c1-4-30-18-21(14-19(2)26(30)33)25-28-22-16-27-24(31-12-10-29(3)11-13-31)15-23(22)32(25)17-20-8-6-5-7-9-20/h5-9,14-16,18H,4,10-13,17H2,1-3H3. The Kier molecular flexibility index (Phi) is 5.72. The van der Waals surface area contributed by atoms with E-state index in [1.54, 1.807) is 4.57 Å². The second kappa shape index (κ2) is 8.83. The lowest BCUT2D eigenvalue weighted by atomic mass is 10.2. The highest BCUT2D eigenvalue weighted by molar-refractivity contribution is 5.82. The van der Waals surface area contributed by atoms with Gasteiger partial charge in [-0.3, -0.25) is 4.79 Å². The van der Waals surface area contributed by atoms with Crippen LogP contribution in [0.15, 0.2) is 59.7 Å². The molecule has 4 aromatic rings. The van der Waals surface area contributed by atoms with Gasteiger partial charge >= 0.3 is 0 Å². The highest BCUT2D eigenvalue weighted by Crippen LogP contribution is 2.28. The molecule has 0 spiro atoms. The molecule has 1 aromatic carbocycles. The number of hydrogen-bond donors (Lipinski definition) is 0. The molecule has 0 atom stereocenters. The van der Waals surface area contributed by atoms with Gasteiger partial charge in [-0.05, 0) is 32.5 Å². The fraction of sp³-hybridized carbons (Fsp3) is 0.346. The maximum atomic E-state index is 12.5. The highest BCUT2D eigenvalue weighted by atomic mass is 16.1. The fourth-order valence-electron chi connectivity index (χ4n) is 4.52. The Hall–Kier alpha value is -3.45. The van der Waals surface area contributed by atoms with Crippen molar-refractivity contribution in [1.29, 1.82) is 0 Å². The van der Waals surface area contributed by atoms with Gasteiger partial charge in [-0.25, -0.2) is 9.97 Å². The summed E-state index contributed by atoms with van der Waals surface area (Å²) in [7, 11) is 2.16. The summed E-state index contributed by atoms with van der Waals surface area (Å²) < 4.78 is 4.01. The number of imidazole rings is 1. The summed E-state index contributed by atoms with van der Waals surface area (Å²) in [6, 6.07) is 14.5. The average molecular weight is 443 g/mol. The first kappa shape index (κ1) is 21.4. The van der Waals surface area contributed by atoms with E-state index >= 15 is 0 Å². The van der Waals surface area contributed by atoms with Gasteiger partial charge in [0, 0.05) is 62.7 Å². The minimum atomic E-state index is 0.0472. The Morgan fingerprint density at radius 2 is 1.79 bits per heavy atom. The van der Waals surface area contributed by atoms with Crippen molar-refractivity contribution in [2.75, 3.05) is 38.1 Å². The normalized spacial score (nSPS) is 14.8. The Morgan fingerprint density at radius 3 is 2.52 bits per heavy atom. The van der Waals surface area contributed by atoms with E-state index in [0.717, 1.165) is 60.0 Å². The summed E-state index contributed by atoms with van der Waals surface area (Å²) in [4.78, 5) is 26.9. The number of aromatic nitrogens is 4. The van der Waals surface area contributed by atoms with Crippen molar-refractivity contribution in [2.45, 2.75) is 26.9 Å². The molecule has 0 N–H and O–H groups in total. The monoisotopic (exact) mass is 442 g/mol. The van der Waals surface area contributed by atoms with E-state index in [0.29, 0.717) is 13.1 Å². The molecule has 4 heterocycles. The molecule has 0 saturated carbocycles. The largest absolute Gasteiger partial charge is 0.354 e. The molecule has 0 radical (unpaired) electrons. The summed E-state index contributed by atoms with van der Waals surface area (Å²) in [5, 5.41) is 0. The third kappa shape index (κ3) is 4.16. The Morgan fingerprint density at radius 1 is 1.03 bits per heavy atom. The smallest absolute Gasteiger partial charge is 0.253 e. The van der Waals surface area contributed by atoms with E-state index in [-0.39, 0.29) is 5.56 Å². The maximum Gasteiger partial charge on any atom is 0.253 e. The quantitative estimate of drug-likeness (QED) is 0.474. The number of rotatable bonds is 5. The molecule has 1 saturated heterocycles. The van der Waals surface area contributed by atoms with Gasteiger partial charge in [-0.15, -0.1) is 0 Å². The lowest BCUT2D eigenvalue weighted by Crippen LogP contribution is -2.44. The van der Waals surface area contributed by atoms with Crippen LogP contribution in [0.3, 0.4) is 0 Å². The summed E-state index contributed by atoms with van der Waals surface area (Å²) >= 11 is 0. The molecule has 7 nitrogen and oxygen atoms in total. The van der Waals surface area contributed by atoms with Gasteiger partial charge in [-0.1, -0.05) is 30.3 Å². The van der Waals surface area contributed by atoms with Crippen molar-refractivity contribution in [1.82, 2.24) is 24.0 Å². The number of benzene rings is 1. The molecule has 33 heavy (non-hydrogen) atoms. The number of likely N-dealkylation sites (N-methyl/N-ethyl adjacent to an activating group) is 1. The molecular weight excluding hydrogens is 412 g/mol. The van der Waals surface area contributed by atoms with Crippen molar-refractivity contribution in [3.63, 3.8) is 0 Å². The molecule has 5 rings (SSSR count). The van der Waals surface area contributed by atoms with Crippen molar-refractivity contribution < 1.29 is 0 Å². The molecule has 0 amide bonds. The molecule has 3 aromatic heterocycles. The number of aryl methyl sites for hydroxylation is 2. The summed E-state index contributed by atoms with van der Waals surface area (Å²) in [6.45, 7) is 9.19. The minimum absolute atomic E-state index is 0.0472. The third-order valence-corrected chi connectivity index (χ3v) is 6.49. The van der Waals surface area contributed by atoms with Crippen LogP contribution in [-0.2, 0) is 13.1 Å². The SMILES string of the molecule is CCn1cc(-c2nc3cnc(N4CCN(C)CC4)cc3n2Cc2ccccc2)cc(C)c1=O. The van der Waals surface area contributed by atoms with Crippen LogP contribution in [0, 0.1) is 6.92 Å². The summed E-state index contributed by atoms with van der Waals surface area (Å²) in [5.74, 6) is 1.85. The molecule has 0 aliphatic carbocycles. The Balaban J connectivity index is 1.66. The second-order valence-corrected chi connectivity index (χ2v) is 8.83. The predicted octanol–water partition coefficient (Wildman–Crippen LogP) is 3.39. The van der Waals surface area contributed by atoms with Crippen LogP contribution in [0.1, 0.15) is 18.1 Å². The first-order chi connectivity index (χ1) is 16.0. The molecule has 7 heteroatoms. The predicted molar refractivity (Wildman–Crippen MR) is 133 cm³/mol. The lowest BCUT2D eigenvalue weighted by Gasteiger charge is -2.33. The van der Waals surface area contributed by atoms with E-state index in [1.165, 1.54) is 5.56 Å². The van der Waals surface area contributed by atoms with Crippen molar-refractivity contribution in [2.24, 2.45) is 0 Å². The molecule has 170 valence electrons. The Labute approximate surface area is 193 Å². The number of fused-ring (bicyclic) bond motifs is 1. The third-order valence-electron chi connectivity index (χ3n) is 6.49. The van der Waals surface area contributed by atoms with Gasteiger partial charge in [0.25, 0.3) is 5.56 Å². The highest BCUT2D eigenvalue weighted by Gasteiger charge is 2.19. The van der Waals surface area contributed by atoms with Crippen molar-refractivity contribution in [3.8, 4) is 11.4 Å². The van der Waals surface area contributed by atoms with Crippen LogP contribution >= 0.6 is 0 Å². The van der Waals surface area contributed by atoms with Crippen molar-refractivity contribution in [3.05, 3.63) is 76.3 Å². The van der Waals surface area contributed by atoms with E-state index in [1.807, 2.05) is 38.4 Å². The van der Waals surface area contributed by atoms with Gasteiger partial charge in [0.15, 0.2) is 0 Å². The first-order valence-electron chi connectivity index (χ1n) is 11.6. The van der Waals surface area contributed by atoms with Gasteiger partial charge in [0.05, 0.1) is 11.7 Å². The zero-order valence-electron chi connectivity index (χ0n) is 19.5. The molecular formula is C26H30N6O. The Bertz CT molecular complexity index is 1330. The molecule has 0 bridgehead atoms.